The number of pyridine rings is 1. The van der Waals surface area contributed by atoms with E-state index in [4.69, 9.17) is 5.73 Å². The van der Waals surface area contributed by atoms with Crippen molar-refractivity contribution in [3.63, 3.8) is 0 Å². The van der Waals surface area contributed by atoms with Crippen molar-refractivity contribution in [1.29, 1.82) is 0 Å². The van der Waals surface area contributed by atoms with Crippen molar-refractivity contribution >= 4 is 11.5 Å². The van der Waals surface area contributed by atoms with Crippen LogP contribution in [0.1, 0.15) is 11.1 Å². The molecule has 0 aliphatic heterocycles. The molecule has 0 unspecified atom stereocenters. The maximum Gasteiger partial charge on any atom is 0.141 e. The molecule has 0 radical (unpaired) electrons. The number of ketones is 1. The largest absolute Gasteiger partial charge is 0.398 e. The van der Waals surface area contributed by atoms with E-state index < -0.39 is 0 Å². The first-order chi connectivity index (χ1) is 8.65. The Morgan fingerprint density at radius 2 is 1.89 bits per heavy atom. The van der Waals surface area contributed by atoms with Crippen molar-refractivity contribution < 1.29 is 9.18 Å². The van der Waals surface area contributed by atoms with Crippen LogP contribution in [-0.2, 0) is 17.6 Å². The van der Waals surface area contributed by atoms with Gasteiger partial charge in [-0.15, -0.1) is 0 Å². The molecule has 1 aromatic heterocycles. The van der Waals surface area contributed by atoms with Gasteiger partial charge < -0.3 is 5.73 Å². The molecule has 1 aromatic carbocycles. The Labute approximate surface area is 104 Å². The molecule has 0 bridgehead atoms. The molecule has 2 aromatic rings. The molecule has 2 N–H and O–H groups in total. The number of anilines is 1. The van der Waals surface area contributed by atoms with Gasteiger partial charge in [0.25, 0.3) is 0 Å². The summed E-state index contributed by atoms with van der Waals surface area (Å²) in [6.45, 7) is 0. The lowest BCUT2D eigenvalue weighted by Crippen LogP contribution is -2.08. The molecule has 0 aliphatic carbocycles. The third-order valence-electron chi connectivity index (χ3n) is 2.64. The van der Waals surface area contributed by atoms with Crippen molar-refractivity contribution in [1.82, 2.24) is 4.98 Å². The number of nitrogen functional groups attached to an aromatic ring is 1. The van der Waals surface area contributed by atoms with Gasteiger partial charge in [-0.05, 0) is 23.8 Å². The van der Waals surface area contributed by atoms with Crippen molar-refractivity contribution in [3.05, 3.63) is 59.7 Å². The Morgan fingerprint density at radius 3 is 2.56 bits per heavy atom. The molecular weight excluding hydrogens is 231 g/mol. The Kier molecular flexibility index (Phi) is 3.67. The zero-order chi connectivity index (χ0) is 13.0. The fourth-order valence-corrected chi connectivity index (χ4v) is 1.69. The molecule has 4 heteroatoms. The summed E-state index contributed by atoms with van der Waals surface area (Å²) in [5.74, 6) is -0.274. The van der Waals surface area contributed by atoms with Crippen molar-refractivity contribution in [2.45, 2.75) is 12.8 Å². The van der Waals surface area contributed by atoms with Crippen LogP contribution >= 0.6 is 0 Å². The van der Waals surface area contributed by atoms with Gasteiger partial charge in [-0.1, -0.05) is 12.1 Å². The quantitative estimate of drug-likeness (QED) is 0.896. The highest BCUT2D eigenvalue weighted by Crippen LogP contribution is 2.11. The van der Waals surface area contributed by atoms with Gasteiger partial charge in [0.15, 0.2) is 0 Å². The molecule has 0 fully saturated rings. The first-order valence-electron chi connectivity index (χ1n) is 5.59. The number of aromatic nitrogens is 1. The molecule has 0 amide bonds. The first-order valence-corrected chi connectivity index (χ1v) is 5.59. The number of hydrogen-bond acceptors (Lipinski definition) is 3. The number of halogens is 1. The number of carbonyl (C=O) groups is 1. The van der Waals surface area contributed by atoms with Gasteiger partial charge in [0.05, 0.1) is 0 Å². The predicted octanol–water partition coefficient (Wildman–Crippen LogP) is 2.16. The minimum absolute atomic E-state index is 0.0290. The summed E-state index contributed by atoms with van der Waals surface area (Å²) in [4.78, 5) is 15.8. The summed E-state index contributed by atoms with van der Waals surface area (Å²) in [5, 5.41) is 0. The predicted molar refractivity (Wildman–Crippen MR) is 67.5 cm³/mol. The second-order valence-electron chi connectivity index (χ2n) is 4.09. The van der Waals surface area contributed by atoms with Crippen LogP contribution < -0.4 is 5.73 Å². The minimum Gasteiger partial charge on any atom is -0.398 e. The van der Waals surface area contributed by atoms with Crippen LogP contribution in [0.5, 0.6) is 0 Å². The van der Waals surface area contributed by atoms with E-state index in [0.717, 1.165) is 11.1 Å². The van der Waals surface area contributed by atoms with Crippen LogP contribution in [-0.4, -0.2) is 10.8 Å². The second kappa shape index (κ2) is 5.40. The summed E-state index contributed by atoms with van der Waals surface area (Å²) in [6.07, 6.45) is 3.70. The van der Waals surface area contributed by atoms with E-state index in [-0.39, 0.29) is 24.4 Å². The highest BCUT2D eigenvalue weighted by Gasteiger charge is 2.07. The van der Waals surface area contributed by atoms with Gasteiger partial charge in [0.2, 0.25) is 0 Å². The fraction of sp³-hybridized carbons (Fsp3) is 0.143. The van der Waals surface area contributed by atoms with E-state index in [2.05, 4.69) is 4.98 Å². The molecule has 2 rings (SSSR count). The summed E-state index contributed by atoms with van der Waals surface area (Å²) < 4.78 is 12.7. The second-order valence-corrected chi connectivity index (χ2v) is 4.09. The lowest BCUT2D eigenvalue weighted by Gasteiger charge is -2.04. The maximum atomic E-state index is 12.7. The molecule has 1 heterocycles. The fourth-order valence-electron chi connectivity index (χ4n) is 1.69. The van der Waals surface area contributed by atoms with Crippen LogP contribution in [0.15, 0.2) is 42.7 Å². The smallest absolute Gasteiger partial charge is 0.141 e. The molecule has 0 aliphatic rings. The monoisotopic (exact) mass is 244 g/mol. The van der Waals surface area contributed by atoms with Crippen molar-refractivity contribution in [3.8, 4) is 0 Å². The molecule has 0 saturated carbocycles. The summed E-state index contributed by atoms with van der Waals surface area (Å²) in [6, 6.07) is 7.59. The van der Waals surface area contributed by atoms with E-state index in [9.17, 15) is 9.18 Å². The molecule has 18 heavy (non-hydrogen) atoms. The van der Waals surface area contributed by atoms with Crippen LogP contribution in [0.2, 0.25) is 0 Å². The van der Waals surface area contributed by atoms with E-state index in [1.54, 1.807) is 30.6 Å². The number of nitrogens with zero attached hydrogens (tertiary/aromatic N) is 1. The minimum atomic E-state index is -0.303. The summed E-state index contributed by atoms with van der Waals surface area (Å²) in [5.41, 5.74) is 7.83. The zero-order valence-electron chi connectivity index (χ0n) is 9.77. The normalized spacial score (nSPS) is 10.3. The van der Waals surface area contributed by atoms with Crippen molar-refractivity contribution in [2.24, 2.45) is 0 Å². The molecule has 0 spiro atoms. The molecule has 92 valence electrons. The lowest BCUT2D eigenvalue weighted by molar-refractivity contribution is -0.117. The van der Waals surface area contributed by atoms with Gasteiger partial charge in [-0.3, -0.25) is 9.78 Å². The van der Waals surface area contributed by atoms with Gasteiger partial charge in [-0.25, -0.2) is 4.39 Å². The highest BCUT2D eigenvalue weighted by atomic mass is 19.1. The van der Waals surface area contributed by atoms with Crippen LogP contribution in [0.4, 0.5) is 10.1 Å². The standard InChI is InChI=1S/C14H13FN2O/c15-12-3-1-10(2-4-12)7-13(18)8-11-9-17-6-5-14(11)16/h1-6,9H,7-8H2,(H2,16,17). The number of benzene rings is 1. The highest BCUT2D eigenvalue weighted by molar-refractivity contribution is 5.84. The Hall–Kier alpha value is -2.23. The van der Waals surface area contributed by atoms with E-state index in [1.807, 2.05) is 0 Å². The first kappa shape index (κ1) is 12.2. The average Bonchev–Trinajstić information content (AvgIpc) is 2.35. The number of Topliss-reactive ketones (excluding diaryl/α,β-unsaturated/α-hetero) is 1. The number of rotatable bonds is 4. The molecule has 0 saturated heterocycles. The maximum absolute atomic E-state index is 12.7. The zero-order valence-corrected chi connectivity index (χ0v) is 9.77. The Morgan fingerprint density at radius 1 is 1.17 bits per heavy atom. The summed E-state index contributed by atoms with van der Waals surface area (Å²) >= 11 is 0. The Bertz CT molecular complexity index is 552. The molecule has 3 nitrogen and oxygen atoms in total. The van der Waals surface area contributed by atoms with E-state index in [1.165, 1.54) is 12.1 Å². The van der Waals surface area contributed by atoms with Gasteiger partial charge >= 0.3 is 0 Å². The average molecular weight is 244 g/mol. The van der Waals surface area contributed by atoms with Gasteiger partial charge in [0.1, 0.15) is 11.6 Å². The van der Waals surface area contributed by atoms with Gasteiger partial charge in [-0.2, -0.15) is 0 Å². The number of nitrogens with two attached hydrogens (primary N) is 1. The van der Waals surface area contributed by atoms with E-state index in [0.29, 0.717) is 5.69 Å². The van der Waals surface area contributed by atoms with Crippen molar-refractivity contribution in [2.75, 3.05) is 5.73 Å². The van der Waals surface area contributed by atoms with Crippen LogP contribution in [0.3, 0.4) is 0 Å². The van der Waals surface area contributed by atoms with Crippen LogP contribution in [0, 0.1) is 5.82 Å². The van der Waals surface area contributed by atoms with Gasteiger partial charge in [0, 0.05) is 36.5 Å². The molecular formula is C14H13FN2O. The topological polar surface area (TPSA) is 56.0 Å². The molecule has 0 atom stereocenters. The van der Waals surface area contributed by atoms with Crippen LogP contribution in [0.25, 0.3) is 0 Å². The SMILES string of the molecule is Nc1ccncc1CC(=O)Cc1ccc(F)cc1. The van der Waals surface area contributed by atoms with E-state index >= 15 is 0 Å². The Balaban J connectivity index is 2.01. The summed E-state index contributed by atoms with van der Waals surface area (Å²) in [7, 11) is 0. The third kappa shape index (κ3) is 3.13. The lowest BCUT2D eigenvalue weighted by atomic mass is 10.0. The third-order valence-corrected chi connectivity index (χ3v) is 2.64. The number of carbonyl (C=O) groups excluding carboxylic acids is 1. The number of hydrogen-bond donors (Lipinski definition) is 1.